The Kier molecular flexibility index (Phi) is 9.39. The van der Waals surface area contributed by atoms with Crippen LogP contribution in [0.2, 0.25) is 0 Å². The minimum absolute atomic E-state index is 0.161. The molecule has 1 fully saturated rings. The summed E-state index contributed by atoms with van der Waals surface area (Å²) < 4.78 is 48.5. The summed E-state index contributed by atoms with van der Waals surface area (Å²) in [5.41, 5.74) is -5.26. The number of hydrogen-bond acceptors (Lipinski definition) is 11. The predicted molar refractivity (Wildman–Crippen MR) is 147 cm³/mol. The molecule has 4 rings (SSSR count). The second kappa shape index (κ2) is 12.6. The molecule has 1 heterocycles. The first-order valence-electron chi connectivity index (χ1n) is 13.7. The van der Waals surface area contributed by atoms with Crippen LogP contribution in [-0.4, -0.2) is 84.9 Å². The number of ether oxygens (including phenoxy) is 2. The third-order valence-electron chi connectivity index (χ3n) is 7.84. The number of halogens is 3. The van der Waals surface area contributed by atoms with Crippen LogP contribution in [0.25, 0.3) is 0 Å². The number of alkyl halides is 3. The normalized spacial score (nSPS) is 27.8. The summed E-state index contributed by atoms with van der Waals surface area (Å²) in [6.45, 7) is 1.75. The lowest BCUT2D eigenvalue weighted by molar-refractivity contribution is -0.656. The van der Waals surface area contributed by atoms with Crippen LogP contribution in [0.4, 0.5) is 13.2 Å². The Balaban J connectivity index is 1.75. The van der Waals surface area contributed by atoms with E-state index in [-0.39, 0.29) is 29.0 Å². The Hall–Kier alpha value is -4.32. The topological polar surface area (TPSA) is 204 Å². The monoisotopic (exact) mass is 640 g/mol. The van der Waals surface area contributed by atoms with Crippen molar-refractivity contribution in [1.82, 2.24) is 10.3 Å². The number of nitrogens with zero attached hydrogens (tertiary/aromatic N) is 3. The summed E-state index contributed by atoms with van der Waals surface area (Å²) >= 11 is 0. The number of aliphatic hydroxyl groups is 4. The molecular weight excluding hydrogens is 609 g/mol. The van der Waals surface area contributed by atoms with Gasteiger partial charge in [0.05, 0.1) is 17.7 Å². The fourth-order valence-corrected chi connectivity index (χ4v) is 5.38. The smallest absolute Gasteiger partial charge is 0.493 e. The Bertz CT molecular complexity index is 1460. The summed E-state index contributed by atoms with van der Waals surface area (Å²) in [5.74, 6) is -3.27. The number of nitro groups is 1. The average molecular weight is 641 g/mol. The lowest BCUT2D eigenvalue weighted by Gasteiger charge is -2.42. The summed E-state index contributed by atoms with van der Waals surface area (Å²) in [5, 5.41) is 61.0. The van der Waals surface area contributed by atoms with E-state index in [4.69, 9.17) is 4.74 Å². The summed E-state index contributed by atoms with van der Waals surface area (Å²) in [7, 11) is 1.16. The van der Waals surface area contributed by atoms with Gasteiger partial charge in [0, 0.05) is 30.7 Å². The van der Waals surface area contributed by atoms with Crippen LogP contribution in [0.3, 0.4) is 0 Å². The molecule has 0 saturated heterocycles. The van der Waals surface area contributed by atoms with Crippen molar-refractivity contribution in [3.8, 4) is 11.5 Å². The minimum atomic E-state index is -5.04. The average Bonchev–Trinajstić information content (AvgIpc) is 2.98. The van der Waals surface area contributed by atoms with Crippen LogP contribution in [0.15, 0.2) is 53.6 Å². The van der Waals surface area contributed by atoms with Crippen LogP contribution in [0, 0.1) is 16.0 Å². The van der Waals surface area contributed by atoms with Crippen molar-refractivity contribution in [2.75, 3.05) is 7.11 Å². The molecule has 0 aromatic heterocycles. The molecule has 0 radical (unpaired) electrons. The summed E-state index contributed by atoms with van der Waals surface area (Å²) in [6.07, 6.45) is -13.1. The Morgan fingerprint density at radius 2 is 1.78 bits per heavy atom. The fraction of sp³-hybridized carbons (Fsp3) is 0.464. The van der Waals surface area contributed by atoms with E-state index in [1.165, 1.54) is 24.3 Å². The van der Waals surface area contributed by atoms with E-state index in [1.807, 2.05) is 0 Å². The molecule has 14 nitrogen and oxygen atoms in total. The Labute approximate surface area is 253 Å². The fourth-order valence-electron chi connectivity index (χ4n) is 5.38. The molecule has 2 aromatic rings. The van der Waals surface area contributed by atoms with Gasteiger partial charge in [-0.25, -0.2) is 5.01 Å². The predicted octanol–water partition coefficient (Wildman–Crippen LogP) is 1.58. The van der Waals surface area contributed by atoms with Gasteiger partial charge in [-0.1, -0.05) is 37.3 Å². The number of hydrazone groups is 1. The van der Waals surface area contributed by atoms with Crippen LogP contribution in [0.1, 0.15) is 49.9 Å². The van der Waals surface area contributed by atoms with Gasteiger partial charge in [-0.3, -0.25) is 19.7 Å². The van der Waals surface area contributed by atoms with E-state index in [0.717, 1.165) is 18.2 Å². The first-order chi connectivity index (χ1) is 21.0. The van der Waals surface area contributed by atoms with E-state index in [0.29, 0.717) is 6.42 Å². The number of hydrogen-bond donors (Lipinski definition) is 5. The number of rotatable bonds is 9. The zero-order valence-corrected chi connectivity index (χ0v) is 24.0. The highest BCUT2D eigenvalue weighted by molar-refractivity contribution is 6.06. The highest BCUT2D eigenvalue weighted by Gasteiger charge is 2.64. The van der Waals surface area contributed by atoms with Crippen LogP contribution in [-0.2, 0) is 9.59 Å². The van der Waals surface area contributed by atoms with Crippen molar-refractivity contribution in [3.63, 3.8) is 0 Å². The largest absolute Gasteiger partial charge is 0.573 e. The maximum atomic E-state index is 13.5. The van der Waals surface area contributed by atoms with E-state index < -0.39 is 77.3 Å². The Morgan fingerprint density at radius 3 is 2.31 bits per heavy atom. The summed E-state index contributed by atoms with van der Waals surface area (Å²) in [6, 6.07) is 11.6. The van der Waals surface area contributed by atoms with Crippen LogP contribution >= 0.6 is 0 Å². The molecule has 1 aliphatic carbocycles. The van der Waals surface area contributed by atoms with Crippen molar-refractivity contribution >= 4 is 17.5 Å². The van der Waals surface area contributed by atoms with Crippen molar-refractivity contribution in [2.45, 2.75) is 68.7 Å². The van der Waals surface area contributed by atoms with E-state index >= 15 is 0 Å². The van der Waals surface area contributed by atoms with E-state index in [9.17, 15) is 53.3 Å². The SMILES string of the molecule is CCC1CC(=O)N(C(NC(=O)C2(O)C[C@@H](O)C(O)([N+](=O)[O-])[C@H](O)C2)c2ccccc2)N=C1c1ccc(OC)c(OC(F)(F)F)c1. The molecule has 1 saturated carbocycles. The quantitative estimate of drug-likeness (QED) is 0.152. The van der Waals surface area contributed by atoms with Crippen molar-refractivity contribution in [3.05, 3.63) is 69.8 Å². The molecule has 2 aliphatic rings. The van der Waals surface area contributed by atoms with Crippen LogP contribution < -0.4 is 14.8 Å². The van der Waals surface area contributed by atoms with Crippen molar-refractivity contribution < 1.29 is 57.6 Å². The molecule has 244 valence electrons. The van der Waals surface area contributed by atoms with Gasteiger partial charge in [-0.2, -0.15) is 5.10 Å². The standard InChI is InChI=1S/C28H31F3N4O10/c1-3-15-12-22(38)34(33-23(15)17-9-10-18(44-2)19(11-17)45-28(29,30)31)24(16-7-5-4-6-8-16)32-25(39)26(40)13-20(36)27(41,35(42)43)21(37)14-26/h4-11,15,20-21,24,36-37,40-41H,3,12-14H2,1-2H3,(H,32,39)/t15?,20-,21-,24?,26?,27?/m1/s1. The molecule has 1 aliphatic heterocycles. The lowest BCUT2D eigenvalue weighted by atomic mass is 9.75. The first-order valence-corrected chi connectivity index (χ1v) is 13.7. The number of nitrogens with one attached hydrogen (secondary N) is 1. The summed E-state index contributed by atoms with van der Waals surface area (Å²) in [4.78, 5) is 36.9. The number of methoxy groups -OCH3 is 1. The molecule has 2 aromatic carbocycles. The minimum Gasteiger partial charge on any atom is -0.493 e. The maximum Gasteiger partial charge on any atom is 0.573 e. The Morgan fingerprint density at radius 1 is 1.16 bits per heavy atom. The number of carbonyl (C=O) groups is 2. The maximum absolute atomic E-state index is 13.5. The van der Waals surface area contributed by atoms with Gasteiger partial charge in [0.15, 0.2) is 29.9 Å². The molecule has 17 heteroatoms. The highest BCUT2D eigenvalue weighted by Crippen LogP contribution is 2.38. The van der Waals surface area contributed by atoms with Gasteiger partial charge in [0.2, 0.25) is 5.91 Å². The van der Waals surface area contributed by atoms with Gasteiger partial charge in [0.25, 0.3) is 5.91 Å². The molecule has 45 heavy (non-hydrogen) atoms. The zero-order valence-electron chi connectivity index (χ0n) is 24.0. The molecule has 2 amide bonds. The molecule has 4 atom stereocenters. The second-order valence-corrected chi connectivity index (χ2v) is 10.7. The number of aliphatic hydroxyl groups excluding tert-OH is 2. The molecular formula is C28H31F3N4O10. The molecule has 0 spiro atoms. The second-order valence-electron chi connectivity index (χ2n) is 10.7. The van der Waals surface area contributed by atoms with Gasteiger partial charge in [-0.15, -0.1) is 13.2 Å². The third kappa shape index (κ3) is 6.70. The van der Waals surface area contributed by atoms with Gasteiger partial charge in [0.1, 0.15) is 5.60 Å². The first kappa shape index (κ1) is 33.6. The molecule has 0 bridgehead atoms. The molecule has 2 unspecified atom stereocenters. The highest BCUT2D eigenvalue weighted by atomic mass is 19.4. The lowest BCUT2D eigenvalue weighted by Crippen LogP contribution is -2.68. The zero-order chi connectivity index (χ0) is 33.3. The molecule has 5 N–H and O–H groups in total. The number of benzene rings is 2. The number of amides is 2. The van der Waals surface area contributed by atoms with E-state index in [1.54, 1.807) is 25.1 Å². The van der Waals surface area contributed by atoms with E-state index in [2.05, 4.69) is 15.2 Å². The van der Waals surface area contributed by atoms with Gasteiger partial charge < -0.3 is 35.2 Å². The van der Waals surface area contributed by atoms with Crippen molar-refractivity contribution in [2.24, 2.45) is 11.0 Å². The number of carbonyl (C=O) groups excluding carboxylic acids is 2. The van der Waals surface area contributed by atoms with Crippen molar-refractivity contribution in [1.29, 1.82) is 0 Å². The van der Waals surface area contributed by atoms with Crippen LogP contribution in [0.5, 0.6) is 11.5 Å². The van der Waals surface area contributed by atoms with Gasteiger partial charge in [-0.05, 0) is 30.2 Å². The third-order valence-corrected chi connectivity index (χ3v) is 7.84. The van der Waals surface area contributed by atoms with Gasteiger partial charge >= 0.3 is 12.1 Å².